The lowest BCUT2D eigenvalue weighted by Crippen LogP contribution is -2.25. The quantitative estimate of drug-likeness (QED) is 0.629. The Balaban J connectivity index is 4.05. The Morgan fingerprint density at radius 1 is 1.62 bits per heavy atom. The Bertz CT molecular complexity index is 214. The molecule has 0 aliphatic rings. The molecule has 0 saturated heterocycles. The lowest BCUT2D eigenvalue weighted by molar-refractivity contribution is -0.129. The van der Waals surface area contributed by atoms with Crippen LogP contribution < -0.4 is 0 Å². The second-order valence-corrected chi connectivity index (χ2v) is 4.52. The number of nitrogens with zero attached hydrogens (tertiary/aromatic N) is 1. The van der Waals surface area contributed by atoms with E-state index in [1.165, 1.54) is 16.7 Å². The van der Waals surface area contributed by atoms with Gasteiger partial charge in [-0.2, -0.15) is 0 Å². The van der Waals surface area contributed by atoms with Crippen LogP contribution in [0.2, 0.25) is 0 Å². The minimum Gasteiger partial charge on any atom is -0.349 e. The number of amides is 1. The number of carbonyl (C=O) groups excluding carboxylic acids is 2. The largest absolute Gasteiger partial charge is 0.349 e. The first-order valence-electron chi connectivity index (χ1n) is 3.95. The monoisotopic (exact) mass is 201 g/mol. The second kappa shape index (κ2) is 5.80. The summed E-state index contributed by atoms with van der Waals surface area (Å²) in [7, 11) is 3.35. The van der Waals surface area contributed by atoms with Crippen molar-refractivity contribution in [3.8, 4) is 0 Å². The summed E-state index contributed by atoms with van der Waals surface area (Å²) in [5.74, 6) is -0.0362. The third-order valence-electron chi connectivity index (χ3n) is 1.38. The smallest absolute Gasteiger partial charge is 0.223 e. The summed E-state index contributed by atoms with van der Waals surface area (Å²) in [5.41, 5.74) is 0. The van der Waals surface area contributed by atoms with Crippen LogP contribution in [0.25, 0.3) is 0 Å². The van der Waals surface area contributed by atoms with Gasteiger partial charge < -0.3 is 9.69 Å². The number of thioether (sulfide) groups is 1. The minimum atomic E-state index is -0.299. The lowest BCUT2D eigenvalue weighted by Gasteiger charge is -2.13. The van der Waals surface area contributed by atoms with E-state index in [-0.39, 0.29) is 17.6 Å². The van der Waals surface area contributed by atoms with Gasteiger partial charge in [-0.05, 0) is 11.8 Å². The van der Waals surface area contributed by atoms with Gasteiger partial charge in [-0.15, -0.1) is 11.8 Å². The summed E-state index contributed by atoms with van der Waals surface area (Å²) in [5, 5.41) is -0.299. The van der Waals surface area contributed by atoms with Crippen molar-refractivity contribution in [3.05, 3.63) is 11.5 Å². The number of hydrogen-bond donors (Lipinski definition) is 0. The zero-order valence-electron chi connectivity index (χ0n) is 8.24. The number of aldehydes is 1. The molecule has 0 aliphatic heterocycles. The third kappa shape index (κ3) is 5.47. The van der Waals surface area contributed by atoms with Crippen LogP contribution in [-0.2, 0) is 9.59 Å². The highest BCUT2D eigenvalue weighted by Crippen LogP contribution is 2.20. The fraction of sp³-hybridized carbons (Fsp3) is 0.556. The summed E-state index contributed by atoms with van der Waals surface area (Å²) >= 11 is 1.34. The average Bonchev–Trinajstić information content (AvgIpc) is 2.02. The summed E-state index contributed by atoms with van der Waals surface area (Å²) < 4.78 is 0. The van der Waals surface area contributed by atoms with Gasteiger partial charge in [-0.1, -0.05) is 6.58 Å². The zero-order valence-corrected chi connectivity index (χ0v) is 9.06. The highest BCUT2D eigenvalue weighted by atomic mass is 32.2. The molecule has 0 radical (unpaired) electrons. The Labute approximate surface area is 83.2 Å². The molecule has 0 heterocycles. The maximum atomic E-state index is 11.2. The van der Waals surface area contributed by atoms with Crippen LogP contribution in [0, 0.1) is 0 Å². The van der Waals surface area contributed by atoms with Gasteiger partial charge in [0.1, 0.15) is 6.29 Å². The standard InChI is InChI=1S/C9H15NO2S/c1-7(2)13-8(6-11)5-9(12)10(3)4/h6,8H,1,5H2,2-4H3. The van der Waals surface area contributed by atoms with Gasteiger partial charge in [0, 0.05) is 20.5 Å². The van der Waals surface area contributed by atoms with Crippen LogP contribution in [0.5, 0.6) is 0 Å². The molecule has 0 aromatic carbocycles. The highest BCUT2D eigenvalue weighted by molar-refractivity contribution is 8.04. The van der Waals surface area contributed by atoms with Crippen molar-refractivity contribution in [1.29, 1.82) is 0 Å². The van der Waals surface area contributed by atoms with Crippen LogP contribution >= 0.6 is 11.8 Å². The van der Waals surface area contributed by atoms with Gasteiger partial charge in [0.25, 0.3) is 0 Å². The Hall–Kier alpha value is -0.770. The first-order chi connectivity index (χ1) is 5.97. The Morgan fingerprint density at radius 2 is 2.15 bits per heavy atom. The first-order valence-corrected chi connectivity index (χ1v) is 4.83. The van der Waals surface area contributed by atoms with Crippen LogP contribution in [-0.4, -0.2) is 36.4 Å². The zero-order chi connectivity index (χ0) is 10.4. The number of hydrogen-bond acceptors (Lipinski definition) is 3. The average molecular weight is 201 g/mol. The molecule has 0 aromatic rings. The summed E-state index contributed by atoms with van der Waals surface area (Å²) in [6, 6.07) is 0. The highest BCUT2D eigenvalue weighted by Gasteiger charge is 2.14. The van der Waals surface area contributed by atoms with Crippen molar-refractivity contribution in [3.63, 3.8) is 0 Å². The van der Waals surface area contributed by atoms with Crippen molar-refractivity contribution in [2.24, 2.45) is 0 Å². The number of rotatable bonds is 5. The van der Waals surface area contributed by atoms with Crippen molar-refractivity contribution in [2.45, 2.75) is 18.6 Å². The fourth-order valence-corrected chi connectivity index (χ4v) is 1.53. The van der Waals surface area contributed by atoms with Crippen molar-refractivity contribution >= 4 is 24.0 Å². The minimum absolute atomic E-state index is 0.0362. The van der Waals surface area contributed by atoms with Gasteiger partial charge >= 0.3 is 0 Å². The summed E-state index contributed by atoms with van der Waals surface area (Å²) in [4.78, 5) is 24.1. The molecule has 0 rings (SSSR count). The second-order valence-electron chi connectivity index (χ2n) is 2.99. The van der Waals surface area contributed by atoms with E-state index in [0.29, 0.717) is 0 Å². The van der Waals surface area contributed by atoms with Crippen LogP contribution in [0.4, 0.5) is 0 Å². The molecule has 0 spiro atoms. The molecule has 3 nitrogen and oxygen atoms in total. The van der Waals surface area contributed by atoms with E-state index in [2.05, 4.69) is 6.58 Å². The van der Waals surface area contributed by atoms with Crippen molar-refractivity contribution in [1.82, 2.24) is 4.90 Å². The summed E-state index contributed by atoms with van der Waals surface area (Å²) in [6.45, 7) is 5.49. The van der Waals surface area contributed by atoms with E-state index in [9.17, 15) is 9.59 Å². The third-order valence-corrected chi connectivity index (χ3v) is 2.36. The van der Waals surface area contributed by atoms with Gasteiger partial charge in [0.2, 0.25) is 5.91 Å². The number of allylic oxidation sites excluding steroid dienone is 1. The molecule has 0 aliphatic carbocycles. The Kier molecular flexibility index (Phi) is 5.46. The van der Waals surface area contributed by atoms with Gasteiger partial charge in [0.05, 0.1) is 5.25 Å². The topological polar surface area (TPSA) is 37.4 Å². The molecule has 0 aromatic heterocycles. The molecular weight excluding hydrogens is 186 g/mol. The van der Waals surface area contributed by atoms with Crippen LogP contribution in [0.3, 0.4) is 0 Å². The van der Waals surface area contributed by atoms with E-state index in [1.54, 1.807) is 14.1 Å². The molecule has 74 valence electrons. The van der Waals surface area contributed by atoms with Gasteiger partial charge in [-0.3, -0.25) is 4.79 Å². The maximum absolute atomic E-state index is 11.2. The molecular formula is C9H15NO2S. The fourth-order valence-electron chi connectivity index (χ4n) is 0.731. The molecule has 4 heteroatoms. The van der Waals surface area contributed by atoms with E-state index in [0.717, 1.165) is 11.2 Å². The number of carbonyl (C=O) groups is 2. The predicted molar refractivity (Wildman–Crippen MR) is 55.6 cm³/mol. The molecule has 1 unspecified atom stereocenters. The van der Waals surface area contributed by atoms with E-state index >= 15 is 0 Å². The van der Waals surface area contributed by atoms with E-state index < -0.39 is 0 Å². The first kappa shape index (κ1) is 12.2. The Morgan fingerprint density at radius 3 is 2.46 bits per heavy atom. The van der Waals surface area contributed by atoms with Crippen LogP contribution in [0.15, 0.2) is 11.5 Å². The van der Waals surface area contributed by atoms with Gasteiger partial charge in [0.15, 0.2) is 0 Å². The van der Waals surface area contributed by atoms with E-state index in [1.807, 2.05) is 6.92 Å². The molecule has 0 saturated carbocycles. The molecule has 1 amide bonds. The van der Waals surface area contributed by atoms with Crippen LogP contribution in [0.1, 0.15) is 13.3 Å². The molecule has 0 bridgehead atoms. The lowest BCUT2D eigenvalue weighted by atomic mass is 10.3. The SMILES string of the molecule is C=C(C)SC(C=O)CC(=O)N(C)C. The summed E-state index contributed by atoms with van der Waals surface area (Å²) in [6.07, 6.45) is 1.04. The predicted octanol–water partition coefficient (Wildman–Crippen LogP) is 1.30. The molecule has 13 heavy (non-hydrogen) atoms. The molecule has 0 N–H and O–H groups in total. The molecule has 1 atom stereocenters. The van der Waals surface area contributed by atoms with Crippen molar-refractivity contribution in [2.75, 3.05) is 14.1 Å². The van der Waals surface area contributed by atoms with Gasteiger partial charge in [-0.25, -0.2) is 0 Å². The van der Waals surface area contributed by atoms with Crippen molar-refractivity contribution < 1.29 is 9.59 Å². The van der Waals surface area contributed by atoms with E-state index in [4.69, 9.17) is 0 Å². The molecule has 0 fully saturated rings. The maximum Gasteiger partial charge on any atom is 0.223 e. The normalized spacial score (nSPS) is 11.9.